The lowest BCUT2D eigenvalue weighted by atomic mass is 9.83. The summed E-state index contributed by atoms with van der Waals surface area (Å²) in [5, 5.41) is 10.6. The third kappa shape index (κ3) is 8.18. The zero-order valence-corrected chi connectivity index (χ0v) is 27.4. The summed E-state index contributed by atoms with van der Waals surface area (Å²) in [5.74, 6) is -1.05. The summed E-state index contributed by atoms with van der Waals surface area (Å²) in [6, 6.07) is 13.8. The number of nitrogens with zero attached hydrogens (tertiary/aromatic N) is 4. The Hall–Kier alpha value is -3.43. The van der Waals surface area contributed by atoms with E-state index < -0.39 is 17.9 Å². The van der Waals surface area contributed by atoms with E-state index in [4.69, 9.17) is 4.74 Å². The van der Waals surface area contributed by atoms with Crippen LogP contribution in [0, 0.1) is 5.92 Å². The molecule has 9 heteroatoms. The molecule has 0 bridgehead atoms. The van der Waals surface area contributed by atoms with E-state index in [1.807, 2.05) is 36.1 Å². The number of fused-ring (bicyclic) bond motifs is 1. The molecule has 2 aromatic carbocycles. The minimum Gasteiger partial charge on any atom is -0.493 e. The summed E-state index contributed by atoms with van der Waals surface area (Å²) in [7, 11) is 6.44. The number of hydrogen-bond donors (Lipinski definition) is 1. The predicted molar refractivity (Wildman–Crippen MR) is 173 cm³/mol. The Bertz CT molecular complexity index is 1320. The summed E-state index contributed by atoms with van der Waals surface area (Å²) in [5.41, 5.74) is 4.12. The highest BCUT2D eigenvalue weighted by Crippen LogP contribution is 2.41. The fraction of sp³-hybridized carbons (Fsp3) is 0.571. The maximum absolute atomic E-state index is 14.2. The Labute approximate surface area is 263 Å². The molecule has 4 rings (SSSR count). The van der Waals surface area contributed by atoms with Gasteiger partial charge < -0.3 is 24.1 Å². The van der Waals surface area contributed by atoms with Gasteiger partial charge in [-0.25, -0.2) is 0 Å². The van der Waals surface area contributed by atoms with Crippen LogP contribution in [0.2, 0.25) is 0 Å². The van der Waals surface area contributed by atoms with Gasteiger partial charge in [-0.3, -0.25) is 19.3 Å². The van der Waals surface area contributed by atoms with Gasteiger partial charge in [0.25, 0.3) is 0 Å². The minimum atomic E-state index is -0.867. The van der Waals surface area contributed by atoms with Crippen LogP contribution in [0.1, 0.15) is 62.6 Å². The van der Waals surface area contributed by atoms with Crippen LogP contribution in [-0.4, -0.2) is 104 Å². The van der Waals surface area contributed by atoms with Crippen molar-refractivity contribution in [1.82, 2.24) is 9.80 Å². The van der Waals surface area contributed by atoms with E-state index in [1.165, 1.54) is 5.56 Å². The first-order chi connectivity index (χ1) is 20.9. The standard InChI is InChI=1S/C35H50N4O5/c1-7-9-17-38(29-12-10-11-26(20-29)24-39(4,5)6)33(41)23-37-22-30(27-13-14-32-28(21-27)16-19-44-32)34(35(42)43)31(37)15-18-36(8-2)25(3)40/h10-14,20-21,30-31,34H,7-9,15-19,22-24H2,1-6H3/p+1/t30-,31+,34?/m1/s1. The molecule has 0 spiro atoms. The van der Waals surface area contributed by atoms with Crippen molar-refractivity contribution in [2.45, 2.75) is 65.0 Å². The van der Waals surface area contributed by atoms with Crippen LogP contribution in [0.3, 0.4) is 0 Å². The van der Waals surface area contributed by atoms with Crippen LogP contribution in [-0.2, 0) is 27.3 Å². The van der Waals surface area contributed by atoms with E-state index in [0.29, 0.717) is 39.2 Å². The summed E-state index contributed by atoms with van der Waals surface area (Å²) < 4.78 is 6.49. The number of benzene rings is 2. The maximum Gasteiger partial charge on any atom is 0.308 e. The number of likely N-dealkylation sites (tertiary alicyclic amines) is 1. The van der Waals surface area contributed by atoms with Gasteiger partial charge >= 0.3 is 5.97 Å². The van der Waals surface area contributed by atoms with Gasteiger partial charge in [0.05, 0.1) is 40.2 Å². The van der Waals surface area contributed by atoms with Gasteiger partial charge in [-0.1, -0.05) is 37.6 Å². The molecule has 0 aliphatic carbocycles. The molecule has 0 radical (unpaired) electrons. The quantitative estimate of drug-likeness (QED) is 0.321. The Morgan fingerprint density at radius 1 is 1.07 bits per heavy atom. The molecule has 2 aromatic rings. The predicted octanol–water partition coefficient (Wildman–Crippen LogP) is 4.39. The Morgan fingerprint density at radius 3 is 2.50 bits per heavy atom. The molecule has 2 amide bonds. The third-order valence-electron chi connectivity index (χ3n) is 8.95. The third-order valence-corrected chi connectivity index (χ3v) is 8.95. The smallest absolute Gasteiger partial charge is 0.308 e. The van der Waals surface area contributed by atoms with Crippen LogP contribution < -0.4 is 9.64 Å². The van der Waals surface area contributed by atoms with E-state index in [0.717, 1.165) is 52.9 Å². The Kier molecular flexibility index (Phi) is 11.1. The zero-order chi connectivity index (χ0) is 32.0. The SMILES string of the molecule is CCCCN(C(=O)CN1C[C@H](c2ccc3c(c2)CCO3)C(C(=O)O)[C@@H]1CCN(CC)C(C)=O)c1cccc(C[N+](C)(C)C)c1. The van der Waals surface area contributed by atoms with Gasteiger partial charge in [-0.05, 0) is 49.1 Å². The molecule has 1 unspecified atom stereocenters. The van der Waals surface area contributed by atoms with Crippen LogP contribution >= 0.6 is 0 Å². The van der Waals surface area contributed by atoms with Crippen LogP contribution in [0.4, 0.5) is 5.69 Å². The van der Waals surface area contributed by atoms with Crippen molar-refractivity contribution < 1.29 is 28.7 Å². The van der Waals surface area contributed by atoms with Crippen molar-refractivity contribution in [1.29, 1.82) is 0 Å². The molecule has 1 saturated heterocycles. The number of unbranched alkanes of at least 4 members (excludes halogenated alkanes) is 1. The number of carboxylic acid groups (broad SMARTS) is 1. The number of carboxylic acids is 1. The van der Waals surface area contributed by atoms with Crippen molar-refractivity contribution in [3.63, 3.8) is 0 Å². The molecule has 2 heterocycles. The normalized spacial score (nSPS) is 19.8. The molecule has 1 N–H and O–H groups in total. The summed E-state index contributed by atoms with van der Waals surface area (Å²) >= 11 is 0. The Balaban J connectivity index is 1.65. The molecular weight excluding hydrogens is 556 g/mol. The molecule has 44 heavy (non-hydrogen) atoms. The number of carbonyl (C=O) groups excluding carboxylic acids is 2. The minimum absolute atomic E-state index is 0.0306. The van der Waals surface area contributed by atoms with Gasteiger partial charge in [-0.15, -0.1) is 0 Å². The highest BCUT2D eigenvalue weighted by molar-refractivity contribution is 5.95. The lowest BCUT2D eigenvalue weighted by molar-refractivity contribution is -0.884. The fourth-order valence-corrected chi connectivity index (χ4v) is 6.80. The first kappa shape index (κ1) is 33.5. The number of hydrogen-bond acceptors (Lipinski definition) is 5. The van der Waals surface area contributed by atoms with Gasteiger partial charge in [0, 0.05) is 62.7 Å². The largest absolute Gasteiger partial charge is 0.493 e. The summed E-state index contributed by atoms with van der Waals surface area (Å²) in [4.78, 5) is 45.0. The topological polar surface area (TPSA) is 90.4 Å². The zero-order valence-electron chi connectivity index (χ0n) is 27.4. The molecule has 2 aliphatic heterocycles. The van der Waals surface area contributed by atoms with Crippen molar-refractivity contribution in [2.75, 3.05) is 65.4 Å². The fourth-order valence-electron chi connectivity index (χ4n) is 6.80. The van der Waals surface area contributed by atoms with Crippen molar-refractivity contribution in [2.24, 2.45) is 5.92 Å². The molecule has 2 aliphatic rings. The maximum atomic E-state index is 14.2. The second-order valence-corrected chi connectivity index (χ2v) is 13.3. The van der Waals surface area contributed by atoms with Gasteiger partial charge in [-0.2, -0.15) is 0 Å². The Morgan fingerprint density at radius 2 is 1.84 bits per heavy atom. The average Bonchev–Trinajstić information content (AvgIpc) is 3.57. The van der Waals surface area contributed by atoms with Crippen LogP contribution in [0.25, 0.3) is 0 Å². The second kappa shape index (κ2) is 14.6. The average molecular weight is 608 g/mol. The summed E-state index contributed by atoms with van der Waals surface area (Å²) in [6.45, 7) is 9.26. The van der Waals surface area contributed by atoms with Gasteiger partial charge in [0.1, 0.15) is 12.3 Å². The lowest BCUT2D eigenvalue weighted by Gasteiger charge is -2.31. The number of amides is 2. The second-order valence-electron chi connectivity index (χ2n) is 13.3. The number of anilines is 1. The van der Waals surface area contributed by atoms with Gasteiger partial charge in [0.15, 0.2) is 0 Å². The first-order valence-electron chi connectivity index (χ1n) is 16.1. The first-order valence-corrected chi connectivity index (χ1v) is 16.1. The highest BCUT2D eigenvalue weighted by Gasteiger charge is 2.47. The number of carbonyl (C=O) groups is 3. The monoisotopic (exact) mass is 607 g/mol. The number of ether oxygens (including phenoxy) is 1. The van der Waals surface area contributed by atoms with E-state index in [2.05, 4.69) is 51.2 Å². The molecule has 1 fully saturated rings. The molecule has 3 atom stereocenters. The highest BCUT2D eigenvalue weighted by atomic mass is 16.5. The molecular formula is C35H51N4O5+. The van der Waals surface area contributed by atoms with Crippen molar-refractivity contribution in [3.05, 3.63) is 59.2 Å². The number of quaternary nitrogens is 1. The summed E-state index contributed by atoms with van der Waals surface area (Å²) in [6.07, 6.45) is 3.12. The van der Waals surface area contributed by atoms with Crippen molar-refractivity contribution >= 4 is 23.5 Å². The number of aliphatic carboxylic acids is 1. The van der Waals surface area contributed by atoms with E-state index in [1.54, 1.807) is 11.8 Å². The number of rotatable bonds is 14. The van der Waals surface area contributed by atoms with Gasteiger partial charge in [0.2, 0.25) is 11.8 Å². The molecule has 240 valence electrons. The van der Waals surface area contributed by atoms with E-state index in [-0.39, 0.29) is 24.3 Å². The lowest BCUT2D eigenvalue weighted by Crippen LogP contribution is -2.46. The van der Waals surface area contributed by atoms with Crippen molar-refractivity contribution in [3.8, 4) is 5.75 Å². The molecule has 9 nitrogen and oxygen atoms in total. The van der Waals surface area contributed by atoms with E-state index >= 15 is 0 Å². The van der Waals surface area contributed by atoms with Crippen LogP contribution in [0.15, 0.2) is 42.5 Å². The molecule has 0 aromatic heterocycles. The molecule has 0 saturated carbocycles. The van der Waals surface area contributed by atoms with E-state index in [9.17, 15) is 19.5 Å². The van der Waals surface area contributed by atoms with Crippen LogP contribution in [0.5, 0.6) is 5.75 Å².